The van der Waals surface area contributed by atoms with Crippen LogP contribution in [0.1, 0.15) is 0 Å². The highest BCUT2D eigenvalue weighted by Crippen LogP contribution is 2.16. The van der Waals surface area contributed by atoms with E-state index in [-0.39, 0.29) is 5.69 Å². The number of aromatic amines is 1. The van der Waals surface area contributed by atoms with Gasteiger partial charge in [0.2, 0.25) is 0 Å². The van der Waals surface area contributed by atoms with Gasteiger partial charge in [-0.1, -0.05) is 0 Å². The van der Waals surface area contributed by atoms with Crippen LogP contribution in [0.25, 0.3) is 11.0 Å². The largest absolute Gasteiger partial charge is 0.335 e. The van der Waals surface area contributed by atoms with Gasteiger partial charge < -0.3 is 4.98 Å². The number of nitro benzene ring substituents is 1. The molecule has 12 heavy (non-hydrogen) atoms. The molecule has 5 nitrogen and oxygen atoms in total. The van der Waals surface area contributed by atoms with Crippen LogP contribution >= 0.6 is 0 Å². The van der Waals surface area contributed by atoms with Crippen molar-refractivity contribution in [2.45, 2.75) is 0 Å². The number of hydrogen-bond acceptors (Lipinski definition) is 3. The molecule has 0 aliphatic rings. The van der Waals surface area contributed by atoms with Gasteiger partial charge in [0.05, 0.1) is 16.0 Å². The van der Waals surface area contributed by atoms with E-state index in [0.717, 1.165) is 0 Å². The van der Waals surface area contributed by atoms with Crippen LogP contribution < -0.4 is 0 Å². The second-order valence-corrected chi connectivity index (χ2v) is 2.31. The number of nitrogens with one attached hydrogen (secondary N) is 1. The molecule has 0 bridgehead atoms. The molecule has 5 heteroatoms. The summed E-state index contributed by atoms with van der Waals surface area (Å²) in [6, 6.07) is 4.43. The van der Waals surface area contributed by atoms with Crippen LogP contribution in [0.5, 0.6) is 0 Å². The molecule has 1 N–H and O–H groups in total. The number of nitrogens with zero attached hydrogens (tertiary/aromatic N) is 2. The average Bonchev–Trinajstić information content (AvgIpc) is 2.49. The predicted octanol–water partition coefficient (Wildman–Crippen LogP) is 1.27. The standard InChI is InChI=1S/C7H4N3O2/c11-10(12)5-1-2-6-7(3-5)9-4-8-6/h1-3H,(H,8,9). The molecule has 0 spiro atoms. The number of fused-ring (bicyclic) bond motifs is 1. The fourth-order valence-corrected chi connectivity index (χ4v) is 0.984. The third kappa shape index (κ3) is 0.914. The van der Waals surface area contributed by atoms with E-state index in [9.17, 15) is 10.1 Å². The Balaban J connectivity index is 2.68. The molecule has 2 rings (SSSR count). The van der Waals surface area contributed by atoms with Gasteiger partial charge in [0, 0.05) is 12.1 Å². The van der Waals surface area contributed by atoms with Crippen LogP contribution in [0.15, 0.2) is 18.2 Å². The first-order valence-electron chi connectivity index (χ1n) is 3.27. The predicted molar refractivity (Wildman–Crippen MR) is 41.6 cm³/mol. The van der Waals surface area contributed by atoms with Crippen molar-refractivity contribution < 1.29 is 4.92 Å². The van der Waals surface area contributed by atoms with Crippen molar-refractivity contribution in [2.24, 2.45) is 0 Å². The van der Waals surface area contributed by atoms with Crippen LogP contribution in [0.4, 0.5) is 5.69 Å². The van der Waals surface area contributed by atoms with Gasteiger partial charge in [-0.25, -0.2) is 4.98 Å². The van der Waals surface area contributed by atoms with Crippen molar-refractivity contribution in [3.63, 3.8) is 0 Å². The minimum Gasteiger partial charge on any atom is -0.335 e. The molecule has 1 aromatic heterocycles. The number of nitro groups is 1. The number of benzene rings is 1. The van der Waals surface area contributed by atoms with Crippen molar-refractivity contribution in [3.05, 3.63) is 34.6 Å². The molecular formula is C7H4N3O2. The van der Waals surface area contributed by atoms with Crippen molar-refractivity contribution in [1.82, 2.24) is 9.97 Å². The summed E-state index contributed by atoms with van der Waals surface area (Å²) in [5.41, 5.74) is 1.37. The van der Waals surface area contributed by atoms with Crippen LogP contribution in [0, 0.1) is 16.4 Å². The summed E-state index contributed by atoms with van der Waals surface area (Å²) in [7, 11) is 0. The molecule has 1 heterocycles. The zero-order chi connectivity index (χ0) is 8.55. The molecule has 1 radical (unpaired) electrons. The number of aromatic nitrogens is 2. The second kappa shape index (κ2) is 2.30. The maximum Gasteiger partial charge on any atom is 0.271 e. The first-order valence-corrected chi connectivity index (χ1v) is 3.27. The molecular weight excluding hydrogens is 158 g/mol. The SMILES string of the molecule is O=[N+]([O-])c1ccc2n[c][nH]c2c1. The Morgan fingerprint density at radius 2 is 2.42 bits per heavy atom. The monoisotopic (exact) mass is 162 g/mol. The van der Waals surface area contributed by atoms with E-state index < -0.39 is 4.92 Å². The smallest absolute Gasteiger partial charge is 0.271 e. The van der Waals surface area contributed by atoms with E-state index in [4.69, 9.17) is 0 Å². The zero-order valence-electron chi connectivity index (χ0n) is 5.94. The van der Waals surface area contributed by atoms with Gasteiger partial charge in [0.15, 0.2) is 6.33 Å². The number of imidazole rings is 1. The lowest BCUT2D eigenvalue weighted by Gasteiger charge is -1.89. The van der Waals surface area contributed by atoms with E-state index in [1.807, 2.05) is 0 Å². The summed E-state index contributed by atoms with van der Waals surface area (Å²) in [5.74, 6) is 0. The van der Waals surface area contributed by atoms with E-state index in [1.54, 1.807) is 6.07 Å². The molecule has 0 saturated heterocycles. The first-order chi connectivity index (χ1) is 5.77. The van der Waals surface area contributed by atoms with E-state index in [1.165, 1.54) is 12.1 Å². The van der Waals surface area contributed by atoms with Crippen molar-refractivity contribution >= 4 is 16.7 Å². The van der Waals surface area contributed by atoms with Gasteiger partial charge in [-0.05, 0) is 6.07 Å². The van der Waals surface area contributed by atoms with Gasteiger partial charge in [-0.2, -0.15) is 0 Å². The third-order valence-electron chi connectivity index (χ3n) is 1.56. The third-order valence-corrected chi connectivity index (χ3v) is 1.56. The highest BCUT2D eigenvalue weighted by atomic mass is 16.6. The van der Waals surface area contributed by atoms with Gasteiger partial charge in [0.1, 0.15) is 0 Å². The topological polar surface area (TPSA) is 71.8 Å². The second-order valence-electron chi connectivity index (χ2n) is 2.31. The lowest BCUT2D eigenvalue weighted by atomic mass is 10.3. The molecule has 59 valence electrons. The Bertz CT molecular complexity index is 435. The summed E-state index contributed by atoms with van der Waals surface area (Å²) in [5, 5.41) is 10.3. The summed E-state index contributed by atoms with van der Waals surface area (Å²) in [6.07, 6.45) is 2.51. The maximum atomic E-state index is 10.3. The normalized spacial score (nSPS) is 10.3. The molecule has 0 fully saturated rings. The van der Waals surface area contributed by atoms with Gasteiger partial charge in [-0.15, -0.1) is 0 Å². The number of non-ortho nitro benzene ring substituents is 1. The molecule has 0 aliphatic heterocycles. The van der Waals surface area contributed by atoms with E-state index in [2.05, 4.69) is 16.3 Å². The Labute approximate surface area is 67.2 Å². The van der Waals surface area contributed by atoms with Crippen LogP contribution in [0.2, 0.25) is 0 Å². The highest BCUT2D eigenvalue weighted by molar-refractivity contribution is 5.76. The Morgan fingerprint density at radius 3 is 3.17 bits per heavy atom. The zero-order valence-corrected chi connectivity index (χ0v) is 5.94. The van der Waals surface area contributed by atoms with Gasteiger partial charge in [0.25, 0.3) is 5.69 Å². The summed E-state index contributed by atoms with van der Waals surface area (Å²) in [6.45, 7) is 0. The summed E-state index contributed by atoms with van der Waals surface area (Å²) in [4.78, 5) is 16.4. The van der Waals surface area contributed by atoms with Crippen molar-refractivity contribution in [3.8, 4) is 0 Å². The fraction of sp³-hybridized carbons (Fsp3) is 0. The van der Waals surface area contributed by atoms with Crippen LogP contribution in [0.3, 0.4) is 0 Å². The molecule has 0 amide bonds. The Morgan fingerprint density at radius 1 is 1.58 bits per heavy atom. The van der Waals surface area contributed by atoms with E-state index in [0.29, 0.717) is 11.0 Å². The quantitative estimate of drug-likeness (QED) is 0.507. The average molecular weight is 162 g/mol. The van der Waals surface area contributed by atoms with Crippen LogP contribution in [-0.4, -0.2) is 14.9 Å². The summed E-state index contributed by atoms with van der Waals surface area (Å²) >= 11 is 0. The Hall–Kier alpha value is -1.91. The maximum absolute atomic E-state index is 10.3. The number of hydrogen-bond donors (Lipinski definition) is 1. The van der Waals surface area contributed by atoms with Crippen molar-refractivity contribution in [2.75, 3.05) is 0 Å². The van der Waals surface area contributed by atoms with Crippen molar-refractivity contribution in [1.29, 1.82) is 0 Å². The van der Waals surface area contributed by atoms with Gasteiger partial charge >= 0.3 is 0 Å². The molecule has 0 saturated carbocycles. The molecule has 1 aromatic carbocycles. The lowest BCUT2D eigenvalue weighted by molar-refractivity contribution is -0.384. The minimum absolute atomic E-state index is 0.0557. The first kappa shape index (κ1) is 6.78. The Kier molecular flexibility index (Phi) is 1.30. The summed E-state index contributed by atoms with van der Waals surface area (Å²) < 4.78 is 0. The lowest BCUT2D eigenvalue weighted by Crippen LogP contribution is -1.86. The number of H-pyrrole nitrogens is 1. The highest BCUT2D eigenvalue weighted by Gasteiger charge is 2.06. The van der Waals surface area contributed by atoms with E-state index >= 15 is 0 Å². The molecule has 0 unspecified atom stereocenters. The fourth-order valence-electron chi connectivity index (χ4n) is 0.984. The molecule has 0 atom stereocenters. The minimum atomic E-state index is -0.444. The molecule has 0 aliphatic carbocycles. The van der Waals surface area contributed by atoms with Gasteiger partial charge in [-0.3, -0.25) is 10.1 Å². The molecule has 2 aromatic rings. The van der Waals surface area contributed by atoms with Crippen LogP contribution in [-0.2, 0) is 0 Å². The number of rotatable bonds is 1.